The van der Waals surface area contributed by atoms with Crippen molar-refractivity contribution in [1.82, 2.24) is 0 Å². The Kier molecular flexibility index (Phi) is 6.48. The summed E-state index contributed by atoms with van der Waals surface area (Å²) in [6.45, 7) is 1.97. The van der Waals surface area contributed by atoms with Gasteiger partial charge in [-0.15, -0.1) is 0 Å². The van der Waals surface area contributed by atoms with Crippen LogP contribution in [0, 0.1) is 0 Å². The van der Waals surface area contributed by atoms with Gasteiger partial charge in [-0.1, -0.05) is 18.2 Å². The molecule has 0 aliphatic carbocycles. The fourth-order valence-electron chi connectivity index (χ4n) is 2.33. The first-order valence-corrected chi connectivity index (χ1v) is 7.82. The zero-order valence-electron chi connectivity index (χ0n) is 14.2. The van der Waals surface area contributed by atoms with E-state index in [0.29, 0.717) is 5.56 Å². The Morgan fingerprint density at radius 1 is 1.12 bits per heavy atom. The van der Waals surface area contributed by atoms with Crippen LogP contribution in [-0.2, 0) is 33.3 Å². The maximum absolute atomic E-state index is 12.1. The summed E-state index contributed by atoms with van der Waals surface area (Å²) < 4.78 is 20.5. The molecule has 26 heavy (non-hydrogen) atoms. The van der Waals surface area contributed by atoms with E-state index >= 15 is 0 Å². The molecule has 0 saturated heterocycles. The molecule has 8 nitrogen and oxygen atoms in total. The zero-order valence-corrected chi connectivity index (χ0v) is 14.2. The average Bonchev–Trinajstić information content (AvgIpc) is 2.60. The summed E-state index contributed by atoms with van der Waals surface area (Å²) in [6.07, 6.45) is -0.814. The van der Waals surface area contributed by atoms with Gasteiger partial charge in [0.05, 0.1) is 5.56 Å². The molecule has 0 amide bonds. The van der Waals surface area contributed by atoms with Crippen LogP contribution in [0.5, 0.6) is 0 Å². The molecule has 3 atom stereocenters. The minimum absolute atomic E-state index is 0.311. The Morgan fingerprint density at radius 3 is 2.42 bits per heavy atom. The van der Waals surface area contributed by atoms with Crippen LogP contribution in [0.1, 0.15) is 24.2 Å². The van der Waals surface area contributed by atoms with Crippen molar-refractivity contribution in [2.45, 2.75) is 32.2 Å². The normalized spacial score (nSPS) is 19.8. The molecule has 1 aliphatic rings. The second kappa shape index (κ2) is 8.80. The summed E-state index contributed by atoms with van der Waals surface area (Å²) in [5.74, 6) is -2.60. The molecule has 8 heteroatoms. The fraction of sp³-hybridized carbons (Fsp3) is 0.333. The summed E-state index contributed by atoms with van der Waals surface area (Å²) in [7, 11) is 0. The van der Waals surface area contributed by atoms with Gasteiger partial charge in [0.15, 0.2) is 18.3 Å². The highest BCUT2D eigenvalue weighted by molar-refractivity contribution is 5.89. The molecule has 1 aromatic rings. The third kappa shape index (κ3) is 5.44. The number of hydrogen-bond acceptors (Lipinski definition) is 8. The number of esters is 4. The molecule has 0 unspecified atom stereocenters. The molecule has 138 valence electrons. The van der Waals surface area contributed by atoms with Gasteiger partial charge in [0.25, 0.3) is 0 Å². The highest BCUT2D eigenvalue weighted by atomic mass is 16.6. The van der Waals surface area contributed by atoms with E-state index < -0.39 is 42.2 Å². The molecule has 2 rings (SSSR count). The van der Waals surface area contributed by atoms with Crippen molar-refractivity contribution in [3.63, 3.8) is 0 Å². The lowest BCUT2D eigenvalue weighted by Gasteiger charge is -2.32. The van der Waals surface area contributed by atoms with E-state index in [1.165, 1.54) is 13.0 Å². The molecule has 0 aromatic heterocycles. The summed E-state index contributed by atoms with van der Waals surface area (Å²) in [4.78, 5) is 46.3. The van der Waals surface area contributed by atoms with Gasteiger partial charge in [0.2, 0.25) is 0 Å². The van der Waals surface area contributed by atoms with Crippen molar-refractivity contribution in [3.05, 3.63) is 48.0 Å². The molecule has 0 spiro atoms. The Hall–Kier alpha value is -3.16. The van der Waals surface area contributed by atoms with Gasteiger partial charge in [-0.3, -0.25) is 9.59 Å². The van der Waals surface area contributed by atoms with Gasteiger partial charge in [0, 0.05) is 19.9 Å². The number of carbonyl (C=O) groups is 4. The van der Waals surface area contributed by atoms with Gasteiger partial charge in [-0.2, -0.15) is 0 Å². The van der Waals surface area contributed by atoms with Gasteiger partial charge in [-0.25, -0.2) is 9.59 Å². The molecular formula is C18H18O8. The van der Waals surface area contributed by atoms with Gasteiger partial charge < -0.3 is 18.9 Å². The largest absolute Gasteiger partial charge is 0.458 e. The topological polar surface area (TPSA) is 105 Å². The first-order chi connectivity index (χ1) is 12.4. The quantitative estimate of drug-likeness (QED) is 0.549. The molecule has 1 aliphatic heterocycles. The predicted octanol–water partition coefficient (Wildman–Crippen LogP) is 1.19. The Morgan fingerprint density at radius 2 is 1.81 bits per heavy atom. The molecule has 0 bridgehead atoms. The highest BCUT2D eigenvalue weighted by Crippen LogP contribution is 2.19. The molecule has 0 radical (unpaired) electrons. The van der Waals surface area contributed by atoms with Crippen LogP contribution in [-0.4, -0.2) is 48.8 Å². The molecule has 0 saturated carbocycles. The predicted molar refractivity (Wildman–Crippen MR) is 86.9 cm³/mol. The van der Waals surface area contributed by atoms with Crippen LogP contribution < -0.4 is 0 Å². The van der Waals surface area contributed by atoms with Crippen LogP contribution >= 0.6 is 0 Å². The van der Waals surface area contributed by atoms with Crippen molar-refractivity contribution < 1.29 is 38.1 Å². The first-order valence-electron chi connectivity index (χ1n) is 7.82. The van der Waals surface area contributed by atoms with Gasteiger partial charge >= 0.3 is 23.9 Å². The molecule has 1 aromatic carbocycles. The number of hydrogen-bond donors (Lipinski definition) is 0. The lowest BCUT2D eigenvalue weighted by Crippen LogP contribution is -2.48. The molecule has 0 fully saturated rings. The van der Waals surface area contributed by atoms with Crippen LogP contribution in [0.25, 0.3) is 0 Å². The number of carbonyl (C=O) groups excluding carboxylic acids is 4. The monoisotopic (exact) mass is 362 g/mol. The maximum Gasteiger partial charge on any atom is 0.338 e. The Labute approximate surface area is 149 Å². The van der Waals surface area contributed by atoms with E-state index in [2.05, 4.69) is 0 Å². The summed E-state index contributed by atoms with van der Waals surface area (Å²) in [5, 5.41) is 0. The number of cyclic esters (lactones) is 1. The summed E-state index contributed by atoms with van der Waals surface area (Å²) >= 11 is 0. The Balaban J connectivity index is 2.13. The summed E-state index contributed by atoms with van der Waals surface area (Å²) in [6, 6.07) is 8.22. The lowest BCUT2D eigenvalue weighted by molar-refractivity contribution is -0.182. The van der Waals surface area contributed by atoms with Crippen LogP contribution in [0.15, 0.2) is 42.5 Å². The van der Waals surface area contributed by atoms with E-state index in [-0.39, 0.29) is 6.61 Å². The van der Waals surface area contributed by atoms with Crippen LogP contribution in [0.4, 0.5) is 0 Å². The highest BCUT2D eigenvalue weighted by Gasteiger charge is 2.39. The SMILES string of the molecule is CC(=O)O[C@@H]1C=CC(=O)O[C@@H]1[C@@H](COC(=O)c1ccccc1)OC(C)=O. The number of ether oxygens (including phenoxy) is 4. The van der Waals surface area contributed by atoms with E-state index in [9.17, 15) is 19.2 Å². The molecule has 1 heterocycles. The van der Waals surface area contributed by atoms with Crippen molar-refractivity contribution in [2.24, 2.45) is 0 Å². The summed E-state index contributed by atoms with van der Waals surface area (Å²) in [5.41, 5.74) is 0.311. The van der Waals surface area contributed by atoms with Crippen LogP contribution in [0.2, 0.25) is 0 Å². The smallest absolute Gasteiger partial charge is 0.338 e. The van der Waals surface area contributed by atoms with E-state index in [1.54, 1.807) is 30.3 Å². The minimum atomic E-state index is -1.14. The fourth-order valence-corrected chi connectivity index (χ4v) is 2.33. The standard InChI is InChI=1S/C18H18O8/c1-11(19)24-14-8-9-16(21)26-17(14)15(25-12(2)20)10-23-18(22)13-6-4-3-5-7-13/h3-9,14-15,17H,10H2,1-2H3/t14-,15-,17+/m1/s1. The zero-order chi connectivity index (χ0) is 19.1. The molecule has 0 N–H and O–H groups in total. The second-order valence-corrected chi connectivity index (χ2v) is 5.45. The Bertz CT molecular complexity index is 709. The third-order valence-corrected chi connectivity index (χ3v) is 3.37. The van der Waals surface area contributed by atoms with Gasteiger partial charge in [0.1, 0.15) is 6.61 Å². The number of rotatable bonds is 6. The third-order valence-electron chi connectivity index (χ3n) is 3.37. The van der Waals surface area contributed by atoms with Crippen molar-refractivity contribution in [2.75, 3.05) is 6.61 Å². The van der Waals surface area contributed by atoms with E-state index in [1.807, 2.05) is 0 Å². The second-order valence-electron chi connectivity index (χ2n) is 5.45. The van der Waals surface area contributed by atoms with Crippen molar-refractivity contribution >= 4 is 23.9 Å². The first kappa shape index (κ1) is 19.2. The minimum Gasteiger partial charge on any atom is -0.458 e. The van der Waals surface area contributed by atoms with Gasteiger partial charge in [-0.05, 0) is 18.2 Å². The van der Waals surface area contributed by atoms with Crippen LogP contribution in [0.3, 0.4) is 0 Å². The van der Waals surface area contributed by atoms with E-state index in [0.717, 1.165) is 13.0 Å². The number of benzene rings is 1. The average molecular weight is 362 g/mol. The van der Waals surface area contributed by atoms with Crippen molar-refractivity contribution in [1.29, 1.82) is 0 Å². The van der Waals surface area contributed by atoms with Crippen molar-refractivity contribution in [3.8, 4) is 0 Å². The lowest BCUT2D eigenvalue weighted by atomic mass is 10.1. The maximum atomic E-state index is 12.1. The molecular weight excluding hydrogens is 344 g/mol. The van der Waals surface area contributed by atoms with E-state index in [4.69, 9.17) is 18.9 Å².